The van der Waals surface area contributed by atoms with Crippen LogP contribution in [0.5, 0.6) is 0 Å². The summed E-state index contributed by atoms with van der Waals surface area (Å²) in [5, 5.41) is 17.6. The van der Waals surface area contributed by atoms with Gasteiger partial charge in [0.05, 0.1) is 11.7 Å². The average molecular weight is 294 g/mol. The van der Waals surface area contributed by atoms with Gasteiger partial charge in [0, 0.05) is 18.1 Å². The van der Waals surface area contributed by atoms with Gasteiger partial charge in [0.2, 0.25) is 0 Å². The first-order valence-electron chi connectivity index (χ1n) is 6.42. The molecule has 2 aromatic heterocycles. The minimum Gasteiger partial charge on any atom is -0.477 e. The number of nitrogens with one attached hydrogen (secondary N) is 1. The van der Waals surface area contributed by atoms with Crippen LogP contribution in [0.15, 0.2) is 6.20 Å². The zero-order valence-electron chi connectivity index (χ0n) is 12.0. The van der Waals surface area contributed by atoms with E-state index in [2.05, 4.69) is 22.3 Å². The second-order valence-corrected chi connectivity index (χ2v) is 5.77. The number of hydrogen-bond donors (Lipinski definition) is 2. The summed E-state index contributed by atoms with van der Waals surface area (Å²) in [4.78, 5) is 16.9. The quantitative estimate of drug-likeness (QED) is 0.886. The molecule has 0 spiro atoms. The predicted octanol–water partition coefficient (Wildman–Crippen LogP) is 2.62. The van der Waals surface area contributed by atoms with E-state index in [1.165, 1.54) is 4.88 Å². The predicted molar refractivity (Wildman–Crippen MR) is 78.4 cm³/mol. The smallest absolute Gasteiger partial charge is 0.341 e. The third-order valence-electron chi connectivity index (χ3n) is 3.08. The Bertz CT molecular complexity index is 632. The van der Waals surface area contributed by atoms with Crippen LogP contribution in [-0.4, -0.2) is 25.8 Å². The summed E-state index contributed by atoms with van der Waals surface area (Å²) in [6, 6.07) is -0.0619. The zero-order valence-corrected chi connectivity index (χ0v) is 12.8. The van der Waals surface area contributed by atoms with Crippen LogP contribution in [0.3, 0.4) is 0 Å². The molecule has 0 amide bonds. The first-order chi connectivity index (χ1) is 9.43. The molecule has 1 atom stereocenters. The summed E-state index contributed by atoms with van der Waals surface area (Å²) in [5.41, 5.74) is 0.717. The topological polar surface area (TPSA) is 80.0 Å². The molecular weight excluding hydrogens is 276 g/mol. The number of carboxylic acid groups (broad SMARTS) is 1. The Kier molecular flexibility index (Phi) is 4.08. The SMILES string of the molecule is CCc1cnc(C(C)Nc2c(C(=O)O)c(C)nn2C)s1. The molecule has 108 valence electrons. The van der Waals surface area contributed by atoms with Gasteiger partial charge in [0.1, 0.15) is 16.4 Å². The van der Waals surface area contributed by atoms with E-state index >= 15 is 0 Å². The van der Waals surface area contributed by atoms with E-state index in [1.807, 2.05) is 13.1 Å². The highest BCUT2D eigenvalue weighted by Gasteiger charge is 2.22. The van der Waals surface area contributed by atoms with Crippen LogP contribution >= 0.6 is 11.3 Å². The summed E-state index contributed by atoms with van der Waals surface area (Å²) in [6.07, 6.45) is 2.82. The molecule has 2 N–H and O–H groups in total. The van der Waals surface area contributed by atoms with Crippen molar-refractivity contribution in [1.82, 2.24) is 14.8 Å². The summed E-state index contributed by atoms with van der Waals surface area (Å²) in [5.74, 6) is -0.463. The van der Waals surface area contributed by atoms with Crippen LogP contribution in [-0.2, 0) is 13.5 Å². The van der Waals surface area contributed by atoms with Crippen LogP contribution in [0.1, 0.15) is 45.8 Å². The number of carboxylic acids is 1. The molecule has 0 saturated carbocycles. The number of carbonyl (C=O) groups is 1. The minimum absolute atomic E-state index is 0.0619. The van der Waals surface area contributed by atoms with Crippen LogP contribution in [0.2, 0.25) is 0 Å². The van der Waals surface area contributed by atoms with Crippen molar-refractivity contribution in [3.05, 3.63) is 27.3 Å². The Morgan fingerprint density at radius 2 is 2.30 bits per heavy atom. The Hall–Kier alpha value is -1.89. The molecule has 0 aliphatic carbocycles. The van der Waals surface area contributed by atoms with Gasteiger partial charge in [-0.1, -0.05) is 6.92 Å². The molecule has 2 rings (SSSR count). The van der Waals surface area contributed by atoms with Crippen molar-refractivity contribution in [3.8, 4) is 0 Å². The second-order valence-electron chi connectivity index (χ2n) is 4.62. The summed E-state index contributed by atoms with van der Waals surface area (Å²) < 4.78 is 1.56. The molecule has 0 aliphatic rings. The third kappa shape index (κ3) is 2.67. The number of aromatic carboxylic acids is 1. The normalized spacial score (nSPS) is 12.4. The lowest BCUT2D eigenvalue weighted by molar-refractivity contribution is 0.0697. The summed E-state index contributed by atoms with van der Waals surface area (Å²) in [6.45, 7) is 5.74. The van der Waals surface area contributed by atoms with Crippen molar-refractivity contribution >= 4 is 23.1 Å². The number of rotatable bonds is 5. The van der Waals surface area contributed by atoms with Gasteiger partial charge in [-0.3, -0.25) is 4.68 Å². The molecule has 1 unspecified atom stereocenters. The molecule has 0 fully saturated rings. The molecular formula is C13H18N4O2S. The second kappa shape index (κ2) is 5.62. The number of aryl methyl sites for hydroxylation is 3. The van der Waals surface area contributed by atoms with Gasteiger partial charge >= 0.3 is 5.97 Å². The van der Waals surface area contributed by atoms with E-state index in [-0.39, 0.29) is 11.6 Å². The molecule has 20 heavy (non-hydrogen) atoms. The van der Waals surface area contributed by atoms with Gasteiger partial charge in [-0.05, 0) is 20.3 Å². The van der Waals surface area contributed by atoms with Crippen LogP contribution in [0, 0.1) is 6.92 Å². The lowest BCUT2D eigenvalue weighted by Gasteiger charge is -2.13. The van der Waals surface area contributed by atoms with E-state index < -0.39 is 5.97 Å². The monoisotopic (exact) mass is 294 g/mol. The fraction of sp³-hybridized carbons (Fsp3) is 0.462. The van der Waals surface area contributed by atoms with Gasteiger partial charge in [-0.2, -0.15) is 5.10 Å². The summed E-state index contributed by atoms with van der Waals surface area (Å²) in [7, 11) is 1.73. The number of hydrogen-bond acceptors (Lipinski definition) is 5. The molecule has 2 heterocycles. The lowest BCUT2D eigenvalue weighted by atomic mass is 10.2. The zero-order chi connectivity index (χ0) is 14.9. The number of aromatic nitrogens is 3. The maximum Gasteiger partial charge on any atom is 0.341 e. The number of thiazole rings is 1. The summed E-state index contributed by atoms with van der Waals surface area (Å²) >= 11 is 1.64. The first kappa shape index (κ1) is 14.5. The van der Waals surface area contributed by atoms with Crippen molar-refractivity contribution in [3.63, 3.8) is 0 Å². The van der Waals surface area contributed by atoms with Gasteiger partial charge in [0.15, 0.2) is 0 Å². The van der Waals surface area contributed by atoms with E-state index in [0.717, 1.165) is 11.4 Å². The fourth-order valence-corrected chi connectivity index (χ4v) is 2.89. The maximum atomic E-state index is 11.3. The highest BCUT2D eigenvalue weighted by Crippen LogP contribution is 2.26. The molecule has 0 aromatic carbocycles. The van der Waals surface area contributed by atoms with Gasteiger partial charge < -0.3 is 10.4 Å². The Morgan fingerprint density at radius 1 is 1.60 bits per heavy atom. The van der Waals surface area contributed by atoms with Gasteiger partial charge in [0.25, 0.3) is 0 Å². The molecule has 0 bridgehead atoms. The number of nitrogens with zero attached hydrogens (tertiary/aromatic N) is 3. The molecule has 0 saturated heterocycles. The Balaban J connectivity index is 2.27. The van der Waals surface area contributed by atoms with Crippen LogP contribution < -0.4 is 5.32 Å². The van der Waals surface area contributed by atoms with E-state index in [9.17, 15) is 9.90 Å². The Labute approximate surface area is 121 Å². The molecule has 6 nitrogen and oxygen atoms in total. The molecule has 7 heteroatoms. The van der Waals surface area contributed by atoms with Crippen molar-refractivity contribution < 1.29 is 9.90 Å². The Morgan fingerprint density at radius 3 is 2.85 bits per heavy atom. The fourth-order valence-electron chi connectivity index (χ4n) is 2.03. The number of anilines is 1. The first-order valence-corrected chi connectivity index (χ1v) is 7.23. The maximum absolute atomic E-state index is 11.3. The van der Waals surface area contributed by atoms with Crippen molar-refractivity contribution in [1.29, 1.82) is 0 Å². The van der Waals surface area contributed by atoms with E-state index in [0.29, 0.717) is 11.5 Å². The van der Waals surface area contributed by atoms with Gasteiger partial charge in [-0.25, -0.2) is 9.78 Å². The van der Waals surface area contributed by atoms with Crippen LogP contribution in [0.4, 0.5) is 5.82 Å². The lowest BCUT2D eigenvalue weighted by Crippen LogP contribution is -2.12. The van der Waals surface area contributed by atoms with Crippen LogP contribution in [0.25, 0.3) is 0 Å². The highest BCUT2D eigenvalue weighted by atomic mass is 32.1. The largest absolute Gasteiger partial charge is 0.477 e. The molecule has 0 radical (unpaired) electrons. The standard InChI is InChI=1S/C13H18N4O2S/c1-5-9-6-14-12(20-9)8(3)15-11-10(13(18)19)7(2)16-17(11)4/h6,8,15H,5H2,1-4H3,(H,18,19). The van der Waals surface area contributed by atoms with Crippen molar-refractivity contribution in [2.45, 2.75) is 33.2 Å². The molecule has 2 aromatic rings. The average Bonchev–Trinajstić information content (AvgIpc) is 2.94. The highest BCUT2D eigenvalue weighted by molar-refractivity contribution is 7.11. The van der Waals surface area contributed by atoms with Gasteiger partial charge in [-0.15, -0.1) is 11.3 Å². The molecule has 0 aliphatic heterocycles. The minimum atomic E-state index is -0.973. The van der Waals surface area contributed by atoms with E-state index in [1.54, 1.807) is 30.0 Å². The van der Waals surface area contributed by atoms with Crippen molar-refractivity contribution in [2.75, 3.05) is 5.32 Å². The van der Waals surface area contributed by atoms with E-state index in [4.69, 9.17) is 0 Å². The third-order valence-corrected chi connectivity index (χ3v) is 4.40. The van der Waals surface area contributed by atoms with Crippen molar-refractivity contribution in [2.24, 2.45) is 7.05 Å².